The van der Waals surface area contributed by atoms with E-state index in [1.807, 2.05) is 42.2 Å². The summed E-state index contributed by atoms with van der Waals surface area (Å²) in [6, 6.07) is 9.73. The van der Waals surface area contributed by atoms with Crippen LogP contribution in [0.15, 0.2) is 30.3 Å². The van der Waals surface area contributed by atoms with Gasteiger partial charge in [-0.1, -0.05) is 30.3 Å². The van der Waals surface area contributed by atoms with Crippen LogP contribution in [-0.2, 0) is 5.54 Å². The van der Waals surface area contributed by atoms with Gasteiger partial charge in [-0.15, -0.1) is 0 Å². The van der Waals surface area contributed by atoms with Crippen LogP contribution in [0.3, 0.4) is 0 Å². The lowest BCUT2D eigenvalue weighted by Gasteiger charge is -2.45. The van der Waals surface area contributed by atoms with Crippen LogP contribution >= 0.6 is 0 Å². The van der Waals surface area contributed by atoms with Gasteiger partial charge in [-0.25, -0.2) is 0 Å². The quantitative estimate of drug-likeness (QED) is 0.910. The standard InChI is InChI=1S/C14H19F3N2/c1-13(12-5-3-2-4-6-12)11-18-8-10-19(13)9-7-14(15,16)17/h2-6,18H,7-11H2,1H3. The molecule has 1 fully saturated rings. The van der Waals surface area contributed by atoms with E-state index in [2.05, 4.69) is 5.32 Å². The first-order valence-electron chi connectivity index (χ1n) is 6.50. The molecule has 1 unspecified atom stereocenters. The van der Waals surface area contributed by atoms with Crippen molar-refractivity contribution in [3.8, 4) is 0 Å². The molecule has 106 valence electrons. The van der Waals surface area contributed by atoms with Crippen LogP contribution in [-0.4, -0.2) is 37.3 Å². The first kappa shape index (κ1) is 14.3. The van der Waals surface area contributed by atoms with E-state index in [1.54, 1.807) is 0 Å². The van der Waals surface area contributed by atoms with Gasteiger partial charge in [-0.3, -0.25) is 4.90 Å². The number of hydrogen-bond donors (Lipinski definition) is 1. The van der Waals surface area contributed by atoms with E-state index in [4.69, 9.17) is 0 Å². The molecule has 1 heterocycles. The van der Waals surface area contributed by atoms with Gasteiger partial charge in [-0.05, 0) is 12.5 Å². The van der Waals surface area contributed by atoms with Crippen molar-refractivity contribution in [1.29, 1.82) is 0 Å². The van der Waals surface area contributed by atoms with Crippen molar-refractivity contribution >= 4 is 0 Å². The van der Waals surface area contributed by atoms with E-state index in [-0.39, 0.29) is 12.1 Å². The lowest BCUT2D eigenvalue weighted by Crippen LogP contribution is -2.57. The number of halogens is 3. The molecular weight excluding hydrogens is 253 g/mol. The van der Waals surface area contributed by atoms with Crippen LogP contribution in [0, 0.1) is 0 Å². The van der Waals surface area contributed by atoms with E-state index in [9.17, 15) is 13.2 Å². The van der Waals surface area contributed by atoms with E-state index in [0.717, 1.165) is 12.1 Å². The average molecular weight is 272 g/mol. The number of alkyl halides is 3. The minimum absolute atomic E-state index is 0.0522. The normalized spacial score (nSPS) is 25.5. The number of hydrogen-bond acceptors (Lipinski definition) is 2. The molecule has 1 N–H and O–H groups in total. The summed E-state index contributed by atoms with van der Waals surface area (Å²) in [6.45, 7) is 4.11. The molecule has 0 spiro atoms. The Morgan fingerprint density at radius 3 is 2.58 bits per heavy atom. The van der Waals surface area contributed by atoms with Crippen LogP contribution < -0.4 is 5.32 Å². The van der Waals surface area contributed by atoms with Crippen LogP contribution in [0.25, 0.3) is 0 Å². The van der Waals surface area contributed by atoms with Gasteiger partial charge in [0.2, 0.25) is 0 Å². The Bertz CT molecular complexity index is 405. The van der Waals surface area contributed by atoms with Crippen molar-refractivity contribution in [3.63, 3.8) is 0 Å². The third-order valence-corrected chi connectivity index (χ3v) is 3.79. The number of benzene rings is 1. The molecule has 1 atom stereocenters. The molecule has 1 aliphatic heterocycles. The molecule has 0 aromatic heterocycles. The zero-order valence-corrected chi connectivity index (χ0v) is 11.0. The summed E-state index contributed by atoms with van der Waals surface area (Å²) in [4.78, 5) is 1.94. The van der Waals surface area contributed by atoms with Gasteiger partial charge in [0.1, 0.15) is 0 Å². The Morgan fingerprint density at radius 2 is 1.95 bits per heavy atom. The van der Waals surface area contributed by atoms with Crippen molar-refractivity contribution in [3.05, 3.63) is 35.9 Å². The lowest BCUT2D eigenvalue weighted by atomic mass is 9.88. The van der Waals surface area contributed by atoms with Crippen molar-refractivity contribution in [2.75, 3.05) is 26.2 Å². The highest BCUT2D eigenvalue weighted by Crippen LogP contribution is 2.31. The second-order valence-corrected chi connectivity index (χ2v) is 5.17. The third-order valence-electron chi connectivity index (χ3n) is 3.79. The van der Waals surface area contributed by atoms with Gasteiger partial charge in [0, 0.05) is 26.2 Å². The van der Waals surface area contributed by atoms with Crippen LogP contribution in [0.4, 0.5) is 13.2 Å². The molecule has 1 saturated heterocycles. The minimum atomic E-state index is -4.09. The summed E-state index contributed by atoms with van der Waals surface area (Å²) < 4.78 is 37.3. The van der Waals surface area contributed by atoms with Gasteiger partial charge in [0.05, 0.1) is 12.0 Å². The van der Waals surface area contributed by atoms with Crippen LogP contribution in [0.1, 0.15) is 18.9 Å². The zero-order valence-electron chi connectivity index (χ0n) is 11.0. The monoisotopic (exact) mass is 272 g/mol. The molecule has 0 amide bonds. The van der Waals surface area contributed by atoms with Crippen molar-refractivity contribution in [2.24, 2.45) is 0 Å². The second-order valence-electron chi connectivity index (χ2n) is 5.17. The Hall–Kier alpha value is -1.07. The molecule has 1 aliphatic rings. The predicted molar refractivity (Wildman–Crippen MR) is 68.9 cm³/mol. The molecule has 0 aliphatic carbocycles. The van der Waals surface area contributed by atoms with E-state index in [1.165, 1.54) is 0 Å². The Kier molecular flexibility index (Phi) is 4.16. The van der Waals surface area contributed by atoms with E-state index >= 15 is 0 Å². The first-order valence-corrected chi connectivity index (χ1v) is 6.50. The van der Waals surface area contributed by atoms with E-state index < -0.39 is 12.6 Å². The van der Waals surface area contributed by atoms with E-state index in [0.29, 0.717) is 13.1 Å². The molecule has 0 saturated carbocycles. The first-order chi connectivity index (χ1) is 8.92. The number of piperazine rings is 1. The molecular formula is C14H19F3N2. The molecule has 2 rings (SSSR count). The maximum absolute atomic E-state index is 12.4. The number of rotatable bonds is 3. The molecule has 1 aromatic rings. The fourth-order valence-electron chi connectivity index (χ4n) is 2.61. The summed E-state index contributed by atoms with van der Waals surface area (Å²) in [6.07, 6.45) is -4.85. The average Bonchev–Trinajstić information content (AvgIpc) is 2.38. The predicted octanol–water partition coefficient (Wildman–Crippen LogP) is 2.76. The summed E-state index contributed by atoms with van der Waals surface area (Å²) in [5.74, 6) is 0. The summed E-state index contributed by atoms with van der Waals surface area (Å²) in [5, 5.41) is 3.28. The molecule has 1 aromatic carbocycles. The van der Waals surface area contributed by atoms with Gasteiger partial charge in [0.25, 0.3) is 0 Å². The molecule has 5 heteroatoms. The smallest absolute Gasteiger partial charge is 0.313 e. The fraction of sp³-hybridized carbons (Fsp3) is 0.571. The summed E-state index contributed by atoms with van der Waals surface area (Å²) in [7, 11) is 0. The molecule has 2 nitrogen and oxygen atoms in total. The lowest BCUT2D eigenvalue weighted by molar-refractivity contribution is -0.142. The zero-order chi connectivity index (χ0) is 13.9. The third kappa shape index (κ3) is 3.48. The number of nitrogens with one attached hydrogen (secondary N) is 1. The summed E-state index contributed by atoms with van der Waals surface area (Å²) in [5.41, 5.74) is 0.689. The highest BCUT2D eigenvalue weighted by atomic mass is 19.4. The summed E-state index contributed by atoms with van der Waals surface area (Å²) >= 11 is 0. The molecule has 0 bridgehead atoms. The van der Waals surface area contributed by atoms with Crippen molar-refractivity contribution < 1.29 is 13.2 Å². The highest BCUT2D eigenvalue weighted by Gasteiger charge is 2.38. The fourth-order valence-corrected chi connectivity index (χ4v) is 2.61. The van der Waals surface area contributed by atoms with Crippen LogP contribution in [0.5, 0.6) is 0 Å². The minimum Gasteiger partial charge on any atom is -0.313 e. The molecule has 19 heavy (non-hydrogen) atoms. The maximum Gasteiger partial charge on any atom is 0.390 e. The second kappa shape index (κ2) is 5.51. The Labute approximate surface area is 111 Å². The van der Waals surface area contributed by atoms with Gasteiger partial charge >= 0.3 is 6.18 Å². The van der Waals surface area contributed by atoms with Crippen molar-refractivity contribution in [1.82, 2.24) is 10.2 Å². The molecule has 0 radical (unpaired) electrons. The maximum atomic E-state index is 12.4. The highest BCUT2D eigenvalue weighted by molar-refractivity contribution is 5.25. The van der Waals surface area contributed by atoms with Gasteiger partial charge in [-0.2, -0.15) is 13.2 Å². The SMILES string of the molecule is CC1(c2ccccc2)CNCCN1CCC(F)(F)F. The number of nitrogens with zero attached hydrogens (tertiary/aromatic N) is 1. The topological polar surface area (TPSA) is 15.3 Å². The van der Waals surface area contributed by atoms with Gasteiger partial charge in [0.15, 0.2) is 0 Å². The van der Waals surface area contributed by atoms with Crippen LogP contribution in [0.2, 0.25) is 0 Å². The Morgan fingerprint density at radius 1 is 1.26 bits per heavy atom. The largest absolute Gasteiger partial charge is 0.390 e. The Balaban J connectivity index is 2.15. The van der Waals surface area contributed by atoms with Crippen molar-refractivity contribution in [2.45, 2.75) is 25.1 Å². The van der Waals surface area contributed by atoms with Gasteiger partial charge < -0.3 is 5.32 Å².